The highest BCUT2D eigenvalue weighted by Crippen LogP contribution is 2.20. The summed E-state index contributed by atoms with van der Waals surface area (Å²) in [5.74, 6) is 0.734. The number of rotatable bonds is 2. The first kappa shape index (κ1) is 10.1. The van der Waals surface area contributed by atoms with Gasteiger partial charge in [0.1, 0.15) is 5.82 Å². The van der Waals surface area contributed by atoms with Crippen molar-refractivity contribution < 1.29 is 0 Å². The molecule has 13 heavy (non-hydrogen) atoms. The van der Waals surface area contributed by atoms with Crippen molar-refractivity contribution in [1.82, 2.24) is 9.78 Å². The first-order valence-corrected chi connectivity index (χ1v) is 4.49. The largest absolute Gasteiger partial charge is 0.384 e. The van der Waals surface area contributed by atoms with E-state index in [0.29, 0.717) is 6.54 Å². The summed E-state index contributed by atoms with van der Waals surface area (Å²) in [6, 6.07) is 0. The number of nitrogens with zero attached hydrogens (tertiary/aromatic N) is 2. The number of nitrogen functional groups attached to an aromatic ring is 1. The van der Waals surface area contributed by atoms with Crippen molar-refractivity contribution >= 4 is 5.82 Å². The van der Waals surface area contributed by atoms with Crippen LogP contribution < -0.4 is 11.5 Å². The molecule has 0 aliphatic rings. The van der Waals surface area contributed by atoms with E-state index in [4.69, 9.17) is 11.5 Å². The van der Waals surface area contributed by atoms with Gasteiger partial charge in [-0.05, 0) is 33.7 Å². The minimum atomic E-state index is -0.0586. The molecular weight excluding hydrogens is 164 g/mol. The number of hydrogen-bond donors (Lipinski definition) is 2. The fourth-order valence-electron chi connectivity index (χ4n) is 1.27. The van der Waals surface area contributed by atoms with Gasteiger partial charge in [-0.3, -0.25) is 0 Å². The van der Waals surface area contributed by atoms with Gasteiger partial charge in [-0.15, -0.1) is 0 Å². The monoisotopic (exact) mass is 182 g/mol. The minimum Gasteiger partial charge on any atom is -0.384 e. The maximum atomic E-state index is 5.92. The molecule has 1 aromatic rings. The average Bonchev–Trinajstić information content (AvgIpc) is 2.32. The topological polar surface area (TPSA) is 69.9 Å². The van der Waals surface area contributed by atoms with Crippen molar-refractivity contribution in [3.63, 3.8) is 0 Å². The van der Waals surface area contributed by atoms with E-state index in [-0.39, 0.29) is 5.54 Å². The molecule has 0 atom stereocenters. The summed E-state index contributed by atoms with van der Waals surface area (Å²) in [6.45, 7) is 6.83. The van der Waals surface area contributed by atoms with Crippen molar-refractivity contribution in [3.05, 3.63) is 11.8 Å². The van der Waals surface area contributed by atoms with Crippen LogP contribution in [0.3, 0.4) is 0 Å². The molecule has 4 N–H and O–H groups in total. The first-order valence-electron chi connectivity index (χ1n) is 4.49. The molecule has 0 spiro atoms. The Balaban J connectivity index is 2.99. The second kappa shape index (κ2) is 3.38. The summed E-state index contributed by atoms with van der Waals surface area (Å²) in [5, 5.41) is 4.24. The Morgan fingerprint density at radius 2 is 2.08 bits per heavy atom. The van der Waals surface area contributed by atoms with E-state index >= 15 is 0 Å². The molecule has 0 saturated carbocycles. The Labute approximate surface area is 78.9 Å². The summed E-state index contributed by atoms with van der Waals surface area (Å²) in [7, 11) is 0. The highest BCUT2D eigenvalue weighted by molar-refractivity contribution is 5.39. The van der Waals surface area contributed by atoms with E-state index < -0.39 is 0 Å². The van der Waals surface area contributed by atoms with Crippen LogP contribution in [0, 0.1) is 0 Å². The Bertz CT molecular complexity index is 282. The van der Waals surface area contributed by atoms with E-state index in [0.717, 1.165) is 17.8 Å². The SMILES string of the molecule is CC(C)(C)n1ncc(CCN)c1N. The molecule has 0 radical (unpaired) electrons. The number of hydrogen-bond acceptors (Lipinski definition) is 3. The summed E-state index contributed by atoms with van der Waals surface area (Å²) in [4.78, 5) is 0. The van der Waals surface area contributed by atoms with Crippen LogP contribution in [0.2, 0.25) is 0 Å². The zero-order valence-electron chi connectivity index (χ0n) is 8.54. The summed E-state index contributed by atoms with van der Waals surface area (Å²) in [5.41, 5.74) is 12.4. The van der Waals surface area contributed by atoms with Crippen LogP contribution in [0.4, 0.5) is 5.82 Å². The van der Waals surface area contributed by atoms with Crippen LogP contribution in [-0.4, -0.2) is 16.3 Å². The molecule has 0 unspecified atom stereocenters. The normalized spacial score (nSPS) is 12.0. The van der Waals surface area contributed by atoms with Crippen molar-refractivity contribution in [2.75, 3.05) is 12.3 Å². The van der Waals surface area contributed by atoms with Crippen LogP contribution in [0.25, 0.3) is 0 Å². The second-order valence-corrected chi connectivity index (χ2v) is 4.18. The minimum absolute atomic E-state index is 0.0586. The third-order valence-electron chi connectivity index (χ3n) is 1.94. The molecule has 0 amide bonds. The van der Waals surface area contributed by atoms with Crippen molar-refractivity contribution in [3.8, 4) is 0 Å². The lowest BCUT2D eigenvalue weighted by molar-refractivity contribution is 0.361. The molecule has 74 valence electrons. The lowest BCUT2D eigenvalue weighted by Crippen LogP contribution is -2.25. The molecule has 4 heteroatoms. The number of anilines is 1. The molecule has 0 bridgehead atoms. The van der Waals surface area contributed by atoms with Gasteiger partial charge in [-0.25, -0.2) is 4.68 Å². The van der Waals surface area contributed by atoms with E-state index in [1.807, 2.05) is 4.68 Å². The average molecular weight is 182 g/mol. The maximum absolute atomic E-state index is 5.92. The molecule has 0 saturated heterocycles. The number of aromatic nitrogens is 2. The molecule has 0 fully saturated rings. The zero-order valence-corrected chi connectivity index (χ0v) is 8.54. The maximum Gasteiger partial charge on any atom is 0.125 e. The fourth-order valence-corrected chi connectivity index (χ4v) is 1.27. The van der Waals surface area contributed by atoms with Crippen molar-refractivity contribution in [2.45, 2.75) is 32.7 Å². The molecule has 0 aromatic carbocycles. The van der Waals surface area contributed by atoms with Crippen LogP contribution in [0.1, 0.15) is 26.3 Å². The van der Waals surface area contributed by atoms with Crippen molar-refractivity contribution in [2.24, 2.45) is 5.73 Å². The molecule has 1 aromatic heterocycles. The highest BCUT2D eigenvalue weighted by atomic mass is 15.3. The lowest BCUT2D eigenvalue weighted by Gasteiger charge is -2.20. The van der Waals surface area contributed by atoms with Crippen LogP contribution in [0.5, 0.6) is 0 Å². The van der Waals surface area contributed by atoms with E-state index in [9.17, 15) is 0 Å². The second-order valence-electron chi connectivity index (χ2n) is 4.18. The van der Waals surface area contributed by atoms with Crippen LogP contribution in [0.15, 0.2) is 6.20 Å². The Hall–Kier alpha value is -1.03. The Morgan fingerprint density at radius 1 is 1.46 bits per heavy atom. The van der Waals surface area contributed by atoms with Crippen LogP contribution >= 0.6 is 0 Å². The summed E-state index contributed by atoms with van der Waals surface area (Å²) in [6.07, 6.45) is 2.59. The quantitative estimate of drug-likeness (QED) is 0.708. The predicted molar refractivity (Wildman–Crippen MR) is 54.4 cm³/mol. The van der Waals surface area contributed by atoms with E-state index in [2.05, 4.69) is 25.9 Å². The molecule has 0 aliphatic carbocycles. The summed E-state index contributed by atoms with van der Waals surface area (Å²) >= 11 is 0. The van der Waals surface area contributed by atoms with E-state index in [1.165, 1.54) is 0 Å². The first-order chi connectivity index (χ1) is 5.96. The van der Waals surface area contributed by atoms with Gasteiger partial charge < -0.3 is 11.5 Å². The van der Waals surface area contributed by atoms with Crippen LogP contribution in [-0.2, 0) is 12.0 Å². The highest BCUT2D eigenvalue weighted by Gasteiger charge is 2.18. The van der Waals surface area contributed by atoms with Crippen molar-refractivity contribution in [1.29, 1.82) is 0 Å². The Kier molecular flexibility index (Phi) is 2.61. The van der Waals surface area contributed by atoms with Gasteiger partial charge >= 0.3 is 0 Å². The van der Waals surface area contributed by atoms with Gasteiger partial charge in [0.2, 0.25) is 0 Å². The summed E-state index contributed by atoms with van der Waals surface area (Å²) < 4.78 is 1.83. The number of nitrogens with two attached hydrogens (primary N) is 2. The molecule has 4 nitrogen and oxygen atoms in total. The van der Waals surface area contributed by atoms with Gasteiger partial charge in [0, 0.05) is 5.56 Å². The molecule has 1 rings (SSSR count). The van der Waals surface area contributed by atoms with Gasteiger partial charge in [0.15, 0.2) is 0 Å². The smallest absolute Gasteiger partial charge is 0.125 e. The molecule has 1 heterocycles. The lowest BCUT2D eigenvalue weighted by atomic mass is 10.1. The van der Waals surface area contributed by atoms with Gasteiger partial charge in [-0.2, -0.15) is 5.10 Å². The van der Waals surface area contributed by atoms with Gasteiger partial charge in [-0.1, -0.05) is 0 Å². The Morgan fingerprint density at radius 3 is 2.46 bits per heavy atom. The van der Waals surface area contributed by atoms with Gasteiger partial charge in [0.25, 0.3) is 0 Å². The van der Waals surface area contributed by atoms with E-state index in [1.54, 1.807) is 6.20 Å². The molecular formula is C9H18N4. The third-order valence-corrected chi connectivity index (χ3v) is 1.94. The van der Waals surface area contributed by atoms with Gasteiger partial charge in [0.05, 0.1) is 11.7 Å². The standard InChI is InChI=1S/C9H18N4/c1-9(2,3)13-8(11)7(4-5-10)6-12-13/h6H,4-5,10-11H2,1-3H3. The predicted octanol–water partition coefficient (Wildman–Crippen LogP) is 0.722. The zero-order chi connectivity index (χ0) is 10.1. The third kappa shape index (κ3) is 2.01. The fraction of sp³-hybridized carbons (Fsp3) is 0.667. The molecule has 0 aliphatic heterocycles.